The predicted octanol–water partition coefficient (Wildman–Crippen LogP) is 3.18. The largest absolute Gasteiger partial charge is 0.493 e. The number of ether oxygens (including phenoxy) is 2. The maximum Gasteiger partial charge on any atom is 0.142 e. The summed E-state index contributed by atoms with van der Waals surface area (Å²) in [5, 5.41) is 0. The summed E-state index contributed by atoms with van der Waals surface area (Å²) in [5.41, 5.74) is 7.60. The third-order valence-electron chi connectivity index (χ3n) is 3.07. The fourth-order valence-electron chi connectivity index (χ4n) is 1.89. The molecule has 0 unspecified atom stereocenters. The maximum atomic E-state index is 5.81. The van der Waals surface area contributed by atoms with E-state index in [1.54, 1.807) is 0 Å². The van der Waals surface area contributed by atoms with Crippen molar-refractivity contribution < 1.29 is 9.47 Å². The second-order valence-corrected chi connectivity index (χ2v) is 4.98. The zero-order valence-corrected chi connectivity index (χ0v) is 12.6. The number of hydrogen-bond acceptors (Lipinski definition) is 4. The van der Waals surface area contributed by atoms with Crippen LogP contribution in [0.15, 0.2) is 48.5 Å². The summed E-state index contributed by atoms with van der Waals surface area (Å²) in [6.07, 6.45) is 0.806. The number of anilines is 2. The molecule has 0 aliphatic carbocycles. The van der Waals surface area contributed by atoms with Crippen molar-refractivity contribution in [1.82, 2.24) is 0 Å². The summed E-state index contributed by atoms with van der Waals surface area (Å²) in [6, 6.07) is 15.5. The molecule has 0 heterocycles. The normalized spacial score (nSPS) is 10.2. The standard InChI is InChI=1S/C17H22N2O2/c1-19(2)14-7-5-8-15(13-14)20-11-6-12-21-17-10-4-3-9-16(17)18/h3-5,7-10,13H,6,11-12,18H2,1-2H3. The SMILES string of the molecule is CN(C)c1cccc(OCCCOc2ccccc2N)c1. The van der Waals surface area contributed by atoms with Crippen LogP contribution in [0.1, 0.15) is 6.42 Å². The Morgan fingerprint density at radius 3 is 2.48 bits per heavy atom. The third-order valence-corrected chi connectivity index (χ3v) is 3.07. The van der Waals surface area contributed by atoms with E-state index >= 15 is 0 Å². The van der Waals surface area contributed by atoms with Crippen molar-refractivity contribution in [1.29, 1.82) is 0 Å². The van der Waals surface area contributed by atoms with E-state index in [4.69, 9.17) is 15.2 Å². The van der Waals surface area contributed by atoms with Gasteiger partial charge in [-0.15, -0.1) is 0 Å². The number of hydrogen-bond donors (Lipinski definition) is 1. The first-order chi connectivity index (χ1) is 10.2. The lowest BCUT2D eigenvalue weighted by Crippen LogP contribution is -2.09. The molecular formula is C17H22N2O2. The summed E-state index contributed by atoms with van der Waals surface area (Å²) < 4.78 is 11.4. The van der Waals surface area contributed by atoms with Gasteiger partial charge in [0, 0.05) is 32.3 Å². The highest BCUT2D eigenvalue weighted by Gasteiger charge is 2.00. The number of nitrogens with zero attached hydrogens (tertiary/aromatic N) is 1. The van der Waals surface area contributed by atoms with Gasteiger partial charge in [-0.05, 0) is 24.3 Å². The molecule has 0 aromatic heterocycles. The van der Waals surface area contributed by atoms with E-state index < -0.39 is 0 Å². The lowest BCUT2D eigenvalue weighted by molar-refractivity contribution is 0.248. The van der Waals surface area contributed by atoms with Crippen LogP contribution in [0.2, 0.25) is 0 Å². The van der Waals surface area contributed by atoms with Crippen molar-refractivity contribution in [2.45, 2.75) is 6.42 Å². The minimum atomic E-state index is 0.585. The van der Waals surface area contributed by atoms with E-state index in [9.17, 15) is 0 Å². The number of benzene rings is 2. The molecule has 0 saturated heterocycles. The second kappa shape index (κ2) is 7.43. The molecule has 0 spiro atoms. The Balaban J connectivity index is 1.73. The molecule has 0 bridgehead atoms. The van der Waals surface area contributed by atoms with Crippen LogP contribution in [0.25, 0.3) is 0 Å². The Kier molecular flexibility index (Phi) is 5.32. The van der Waals surface area contributed by atoms with Gasteiger partial charge in [-0.1, -0.05) is 18.2 Å². The molecule has 2 rings (SSSR count). The van der Waals surface area contributed by atoms with Crippen molar-refractivity contribution in [2.24, 2.45) is 0 Å². The third kappa shape index (κ3) is 4.60. The Labute approximate surface area is 126 Å². The van der Waals surface area contributed by atoms with Gasteiger partial charge in [-0.2, -0.15) is 0 Å². The summed E-state index contributed by atoms with van der Waals surface area (Å²) in [4.78, 5) is 2.05. The molecular weight excluding hydrogens is 264 g/mol. The molecule has 0 aliphatic rings. The zero-order chi connectivity index (χ0) is 15.1. The second-order valence-electron chi connectivity index (χ2n) is 4.98. The molecule has 0 saturated carbocycles. The first kappa shape index (κ1) is 15.0. The van der Waals surface area contributed by atoms with Crippen LogP contribution < -0.4 is 20.1 Å². The maximum absolute atomic E-state index is 5.81. The van der Waals surface area contributed by atoms with Crippen molar-refractivity contribution in [3.8, 4) is 11.5 Å². The summed E-state index contributed by atoms with van der Waals surface area (Å²) in [7, 11) is 4.02. The summed E-state index contributed by atoms with van der Waals surface area (Å²) in [6.45, 7) is 1.20. The molecule has 4 nitrogen and oxygen atoms in total. The quantitative estimate of drug-likeness (QED) is 0.627. The van der Waals surface area contributed by atoms with E-state index in [-0.39, 0.29) is 0 Å². The van der Waals surface area contributed by atoms with Crippen LogP contribution in [-0.2, 0) is 0 Å². The van der Waals surface area contributed by atoms with E-state index in [0.717, 1.165) is 23.6 Å². The average Bonchev–Trinajstić information content (AvgIpc) is 2.49. The zero-order valence-electron chi connectivity index (χ0n) is 12.6. The fourth-order valence-corrected chi connectivity index (χ4v) is 1.89. The summed E-state index contributed by atoms with van der Waals surface area (Å²) >= 11 is 0. The first-order valence-corrected chi connectivity index (χ1v) is 7.04. The molecule has 2 N–H and O–H groups in total. The number of nitrogen functional groups attached to an aromatic ring is 1. The molecule has 0 fully saturated rings. The van der Waals surface area contributed by atoms with Gasteiger partial charge < -0.3 is 20.1 Å². The topological polar surface area (TPSA) is 47.7 Å². The predicted molar refractivity (Wildman–Crippen MR) is 87.2 cm³/mol. The van der Waals surface area contributed by atoms with Gasteiger partial charge >= 0.3 is 0 Å². The van der Waals surface area contributed by atoms with Gasteiger partial charge in [0.25, 0.3) is 0 Å². The fraction of sp³-hybridized carbons (Fsp3) is 0.294. The molecule has 21 heavy (non-hydrogen) atoms. The molecule has 0 amide bonds. The van der Waals surface area contributed by atoms with Crippen LogP contribution in [0, 0.1) is 0 Å². The van der Waals surface area contributed by atoms with Gasteiger partial charge in [-0.3, -0.25) is 0 Å². The molecule has 0 atom stereocenters. The Morgan fingerprint density at radius 1 is 0.952 bits per heavy atom. The minimum absolute atomic E-state index is 0.585. The van der Waals surface area contributed by atoms with Crippen molar-refractivity contribution >= 4 is 11.4 Å². The number of rotatable bonds is 7. The van der Waals surface area contributed by atoms with Gasteiger partial charge in [0.05, 0.1) is 18.9 Å². The van der Waals surface area contributed by atoms with Gasteiger partial charge in [0.1, 0.15) is 11.5 Å². The van der Waals surface area contributed by atoms with Crippen molar-refractivity contribution in [3.05, 3.63) is 48.5 Å². The molecule has 4 heteroatoms. The lowest BCUT2D eigenvalue weighted by atomic mass is 10.3. The molecule has 0 radical (unpaired) electrons. The van der Waals surface area contributed by atoms with Crippen LogP contribution in [0.5, 0.6) is 11.5 Å². The summed E-state index contributed by atoms with van der Waals surface area (Å²) in [5.74, 6) is 1.60. The highest BCUT2D eigenvalue weighted by molar-refractivity contribution is 5.51. The lowest BCUT2D eigenvalue weighted by Gasteiger charge is -2.14. The molecule has 2 aromatic carbocycles. The minimum Gasteiger partial charge on any atom is -0.493 e. The number of nitrogens with two attached hydrogens (primary N) is 1. The smallest absolute Gasteiger partial charge is 0.142 e. The van der Waals surface area contributed by atoms with E-state index in [2.05, 4.69) is 0 Å². The van der Waals surface area contributed by atoms with Crippen LogP contribution in [-0.4, -0.2) is 27.3 Å². The molecule has 2 aromatic rings. The number of para-hydroxylation sites is 2. The van der Waals surface area contributed by atoms with Crippen molar-refractivity contribution in [2.75, 3.05) is 37.9 Å². The first-order valence-electron chi connectivity index (χ1n) is 7.04. The molecule has 112 valence electrons. The van der Waals surface area contributed by atoms with Crippen LogP contribution in [0.3, 0.4) is 0 Å². The Bertz CT molecular complexity index is 570. The monoisotopic (exact) mass is 286 g/mol. The van der Waals surface area contributed by atoms with Crippen molar-refractivity contribution in [3.63, 3.8) is 0 Å². The average molecular weight is 286 g/mol. The van der Waals surface area contributed by atoms with Gasteiger partial charge in [0.15, 0.2) is 0 Å². The Morgan fingerprint density at radius 2 is 1.71 bits per heavy atom. The highest BCUT2D eigenvalue weighted by Crippen LogP contribution is 2.21. The van der Waals surface area contributed by atoms with E-state index in [1.165, 1.54) is 0 Å². The van der Waals surface area contributed by atoms with E-state index in [0.29, 0.717) is 18.9 Å². The van der Waals surface area contributed by atoms with Gasteiger partial charge in [0.2, 0.25) is 0 Å². The van der Waals surface area contributed by atoms with E-state index in [1.807, 2.05) is 67.5 Å². The molecule has 0 aliphatic heterocycles. The van der Waals surface area contributed by atoms with Crippen LogP contribution in [0.4, 0.5) is 11.4 Å². The Hall–Kier alpha value is -2.36. The van der Waals surface area contributed by atoms with Crippen LogP contribution >= 0.6 is 0 Å². The highest BCUT2D eigenvalue weighted by atomic mass is 16.5. The van der Waals surface area contributed by atoms with Gasteiger partial charge in [-0.25, -0.2) is 0 Å².